The number of aromatic nitrogens is 3. The Balaban J connectivity index is 1.46. The van der Waals surface area contributed by atoms with Crippen molar-refractivity contribution >= 4 is 58.7 Å². The molecule has 4 rings (SSSR count). The minimum Gasteiger partial charge on any atom is -0.299 e. The largest absolute Gasteiger partial charge is 0.299 e. The van der Waals surface area contributed by atoms with E-state index in [0.29, 0.717) is 26.7 Å². The van der Waals surface area contributed by atoms with Crippen molar-refractivity contribution in [2.24, 2.45) is 5.10 Å². The van der Waals surface area contributed by atoms with E-state index in [4.69, 9.17) is 34.8 Å². The highest BCUT2D eigenvalue weighted by Crippen LogP contribution is 2.35. The fraction of sp³-hybridized carbons (Fsp3) is 0.304. The predicted octanol–water partition coefficient (Wildman–Crippen LogP) is 6.65. The third-order valence-electron chi connectivity index (χ3n) is 5.42. The number of thioether (sulfide) groups is 1. The first-order chi connectivity index (χ1) is 16.0. The molecule has 0 saturated heterocycles. The molecule has 1 saturated carbocycles. The molecule has 0 unspecified atom stereocenters. The Morgan fingerprint density at radius 1 is 1.06 bits per heavy atom. The summed E-state index contributed by atoms with van der Waals surface area (Å²) in [4.78, 5) is 12.4. The lowest BCUT2D eigenvalue weighted by Gasteiger charge is -2.25. The number of halogens is 3. The zero-order valence-electron chi connectivity index (χ0n) is 17.7. The first-order valence-electron chi connectivity index (χ1n) is 10.6. The van der Waals surface area contributed by atoms with Gasteiger partial charge in [0.25, 0.3) is 5.91 Å². The van der Waals surface area contributed by atoms with Crippen LogP contribution in [0.25, 0.3) is 11.4 Å². The van der Waals surface area contributed by atoms with Gasteiger partial charge < -0.3 is 0 Å². The third-order valence-corrected chi connectivity index (χ3v) is 7.28. The van der Waals surface area contributed by atoms with E-state index < -0.39 is 0 Å². The van der Waals surface area contributed by atoms with Crippen LogP contribution in [0.4, 0.5) is 0 Å². The predicted molar refractivity (Wildman–Crippen MR) is 136 cm³/mol. The van der Waals surface area contributed by atoms with Crippen molar-refractivity contribution in [3.63, 3.8) is 0 Å². The van der Waals surface area contributed by atoms with Gasteiger partial charge >= 0.3 is 0 Å². The highest BCUT2D eigenvalue weighted by molar-refractivity contribution is 7.99. The van der Waals surface area contributed by atoms with E-state index in [1.165, 1.54) is 37.2 Å². The van der Waals surface area contributed by atoms with Crippen LogP contribution in [0.15, 0.2) is 52.7 Å². The first-order valence-corrected chi connectivity index (χ1v) is 12.7. The molecule has 172 valence electrons. The molecule has 0 spiro atoms. The number of amides is 1. The van der Waals surface area contributed by atoms with Crippen LogP contribution in [-0.2, 0) is 4.79 Å². The summed E-state index contributed by atoms with van der Waals surface area (Å²) >= 11 is 19.6. The summed E-state index contributed by atoms with van der Waals surface area (Å²) in [5.74, 6) is 0.692. The van der Waals surface area contributed by atoms with Crippen molar-refractivity contribution in [1.82, 2.24) is 20.2 Å². The molecular weight excluding hydrogens is 501 g/mol. The molecule has 10 heteroatoms. The fourth-order valence-electron chi connectivity index (χ4n) is 3.80. The number of rotatable bonds is 7. The van der Waals surface area contributed by atoms with Crippen molar-refractivity contribution in [2.45, 2.75) is 43.3 Å². The summed E-state index contributed by atoms with van der Waals surface area (Å²) in [5, 5.41) is 15.2. The van der Waals surface area contributed by atoms with E-state index in [1.807, 2.05) is 24.3 Å². The molecule has 6 nitrogen and oxygen atoms in total. The van der Waals surface area contributed by atoms with Gasteiger partial charge in [0.2, 0.25) is 0 Å². The lowest BCUT2D eigenvalue weighted by molar-refractivity contribution is -0.118. The van der Waals surface area contributed by atoms with Gasteiger partial charge in [-0.05, 0) is 49.2 Å². The molecule has 1 N–H and O–H groups in total. The van der Waals surface area contributed by atoms with Crippen molar-refractivity contribution in [3.8, 4) is 11.4 Å². The second-order valence-corrected chi connectivity index (χ2v) is 9.89. The molecule has 1 fully saturated rings. The third kappa shape index (κ3) is 6.09. The number of benzene rings is 2. The van der Waals surface area contributed by atoms with Crippen LogP contribution >= 0.6 is 46.6 Å². The highest BCUT2D eigenvalue weighted by Gasteiger charge is 2.24. The van der Waals surface area contributed by atoms with Gasteiger partial charge in [0, 0.05) is 22.2 Å². The maximum atomic E-state index is 12.4. The molecule has 1 heterocycles. The number of nitrogens with one attached hydrogen (secondary N) is 1. The van der Waals surface area contributed by atoms with Crippen molar-refractivity contribution in [2.75, 3.05) is 5.75 Å². The van der Waals surface area contributed by atoms with Crippen LogP contribution in [0, 0.1) is 0 Å². The van der Waals surface area contributed by atoms with Crippen LogP contribution in [-0.4, -0.2) is 32.6 Å². The first kappa shape index (κ1) is 24.1. The van der Waals surface area contributed by atoms with Gasteiger partial charge in [0.1, 0.15) is 0 Å². The number of hydrazone groups is 1. The Morgan fingerprint density at radius 3 is 2.45 bits per heavy atom. The smallest absolute Gasteiger partial charge is 0.250 e. The molecule has 1 aromatic heterocycles. The summed E-state index contributed by atoms with van der Waals surface area (Å²) in [6.07, 6.45) is 7.17. The van der Waals surface area contributed by atoms with Gasteiger partial charge in [-0.25, -0.2) is 5.43 Å². The Morgan fingerprint density at radius 2 is 1.76 bits per heavy atom. The molecule has 33 heavy (non-hydrogen) atoms. The molecule has 0 atom stereocenters. The summed E-state index contributed by atoms with van der Waals surface area (Å²) in [5.41, 5.74) is 4.03. The zero-order valence-corrected chi connectivity index (χ0v) is 20.8. The quantitative estimate of drug-likeness (QED) is 0.214. The number of carbonyl (C=O) groups excluding carboxylic acids is 1. The van der Waals surface area contributed by atoms with Crippen LogP contribution in [0.3, 0.4) is 0 Å². The summed E-state index contributed by atoms with van der Waals surface area (Å²) in [6, 6.07) is 13.1. The van der Waals surface area contributed by atoms with Crippen LogP contribution in [0.2, 0.25) is 15.1 Å². The monoisotopic (exact) mass is 521 g/mol. The molecule has 0 aliphatic heterocycles. The molecule has 1 amide bonds. The average Bonchev–Trinajstić information content (AvgIpc) is 3.24. The van der Waals surface area contributed by atoms with E-state index in [2.05, 4.69) is 25.3 Å². The Hall–Kier alpha value is -2.06. The van der Waals surface area contributed by atoms with Gasteiger partial charge in [-0.15, -0.1) is 10.2 Å². The lowest BCUT2D eigenvalue weighted by Crippen LogP contribution is -2.20. The van der Waals surface area contributed by atoms with Gasteiger partial charge in [-0.1, -0.05) is 71.9 Å². The molecular formula is C23H22Cl3N5OS. The summed E-state index contributed by atoms with van der Waals surface area (Å²) in [6.45, 7) is 0. The molecule has 1 aliphatic rings. The van der Waals surface area contributed by atoms with Gasteiger partial charge in [-0.2, -0.15) is 5.10 Å². The van der Waals surface area contributed by atoms with Crippen LogP contribution in [0.1, 0.15) is 43.7 Å². The van der Waals surface area contributed by atoms with Gasteiger partial charge in [-0.3, -0.25) is 9.36 Å². The minimum atomic E-state index is -0.259. The van der Waals surface area contributed by atoms with E-state index in [0.717, 1.165) is 29.4 Å². The highest BCUT2D eigenvalue weighted by atomic mass is 35.5. The Kier molecular flexibility index (Phi) is 8.30. The topological polar surface area (TPSA) is 72.2 Å². The molecule has 3 aromatic rings. The maximum absolute atomic E-state index is 12.4. The number of hydrogen-bond donors (Lipinski definition) is 1. The molecule has 2 aromatic carbocycles. The number of hydrogen-bond acceptors (Lipinski definition) is 5. The molecule has 0 radical (unpaired) electrons. The van der Waals surface area contributed by atoms with E-state index in [9.17, 15) is 4.79 Å². The second kappa shape index (κ2) is 11.4. The standard InChI is InChI=1S/C23H22Cl3N5OS/c24-16-11-9-15(10-12-16)22-29-30-23(31(22)17-5-2-1-3-6-17)33-14-21(32)28-27-13-18-19(25)7-4-8-20(18)26/h4,7-13,17H,1-3,5-6,14H2,(H,28,32). The number of nitrogens with zero attached hydrogens (tertiary/aromatic N) is 4. The summed E-state index contributed by atoms with van der Waals surface area (Å²) in [7, 11) is 0. The van der Waals surface area contributed by atoms with E-state index in [-0.39, 0.29) is 11.7 Å². The Labute approximate surface area is 211 Å². The summed E-state index contributed by atoms with van der Waals surface area (Å²) < 4.78 is 2.17. The maximum Gasteiger partial charge on any atom is 0.250 e. The number of carbonyl (C=O) groups is 1. The normalized spacial score (nSPS) is 14.6. The minimum absolute atomic E-state index is 0.152. The van der Waals surface area contributed by atoms with Crippen LogP contribution in [0.5, 0.6) is 0 Å². The van der Waals surface area contributed by atoms with E-state index >= 15 is 0 Å². The fourth-order valence-corrected chi connectivity index (χ4v) is 5.22. The second-order valence-electron chi connectivity index (χ2n) is 7.69. The van der Waals surface area contributed by atoms with Crippen molar-refractivity contribution in [1.29, 1.82) is 0 Å². The van der Waals surface area contributed by atoms with Crippen LogP contribution < -0.4 is 5.43 Å². The molecule has 0 bridgehead atoms. The average molecular weight is 523 g/mol. The van der Waals surface area contributed by atoms with Gasteiger partial charge in [0.15, 0.2) is 11.0 Å². The van der Waals surface area contributed by atoms with Crippen molar-refractivity contribution < 1.29 is 4.79 Å². The molecule has 1 aliphatic carbocycles. The Bertz CT molecular complexity index is 1120. The van der Waals surface area contributed by atoms with E-state index in [1.54, 1.807) is 18.2 Å². The zero-order chi connectivity index (χ0) is 23.2. The van der Waals surface area contributed by atoms with Crippen molar-refractivity contribution in [3.05, 3.63) is 63.1 Å². The van der Waals surface area contributed by atoms with Gasteiger partial charge in [0.05, 0.1) is 22.0 Å². The SMILES string of the molecule is O=C(CSc1nnc(-c2ccc(Cl)cc2)n1C1CCCCC1)NN=Cc1c(Cl)cccc1Cl. The lowest BCUT2D eigenvalue weighted by atomic mass is 9.95.